The third-order valence-electron chi connectivity index (χ3n) is 6.40. The average Bonchev–Trinajstić information content (AvgIpc) is 3.64. The fraction of sp³-hybridized carbons (Fsp3) is 0.478. The van der Waals surface area contributed by atoms with E-state index in [1.807, 2.05) is 0 Å². The Labute approximate surface area is 190 Å². The lowest BCUT2D eigenvalue weighted by Crippen LogP contribution is -2.38. The summed E-state index contributed by atoms with van der Waals surface area (Å²) >= 11 is 0. The minimum Gasteiger partial charge on any atom is -0.207 e. The molecule has 2 aromatic carbocycles. The molecule has 2 aliphatic carbocycles. The Morgan fingerprint density at radius 1 is 0.750 bits per heavy atom. The van der Waals surface area contributed by atoms with Crippen LogP contribution in [0.4, 0.5) is 4.39 Å². The maximum Gasteiger partial charge on any atom is 0.243 e. The van der Waals surface area contributed by atoms with Crippen molar-refractivity contribution in [3.05, 3.63) is 59.9 Å². The van der Waals surface area contributed by atoms with Gasteiger partial charge < -0.3 is 0 Å². The molecule has 6 nitrogen and oxygen atoms in total. The second-order valence-corrected chi connectivity index (χ2v) is 12.6. The summed E-state index contributed by atoms with van der Waals surface area (Å²) in [5, 5.41) is 0. The van der Waals surface area contributed by atoms with Crippen LogP contribution in [-0.4, -0.2) is 44.6 Å². The van der Waals surface area contributed by atoms with Gasteiger partial charge in [0.2, 0.25) is 20.0 Å². The van der Waals surface area contributed by atoms with Crippen molar-refractivity contribution in [2.75, 3.05) is 7.05 Å². The predicted octanol–water partition coefficient (Wildman–Crippen LogP) is 4.13. The largest absolute Gasteiger partial charge is 0.243 e. The number of hydrogen-bond acceptors (Lipinski definition) is 4. The Kier molecular flexibility index (Phi) is 6.72. The van der Waals surface area contributed by atoms with E-state index < -0.39 is 20.0 Å². The van der Waals surface area contributed by atoms with E-state index in [0.717, 1.165) is 44.9 Å². The van der Waals surface area contributed by atoms with Gasteiger partial charge in [0.15, 0.2) is 0 Å². The predicted molar refractivity (Wildman–Crippen MR) is 120 cm³/mol. The van der Waals surface area contributed by atoms with E-state index in [9.17, 15) is 21.2 Å². The third-order valence-corrected chi connectivity index (χ3v) is 10.2. The first-order chi connectivity index (χ1) is 15.2. The van der Waals surface area contributed by atoms with Crippen molar-refractivity contribution in [3.63, 3.8) is 0 Å². The van der Waals surface area contributed by atoms with Crippen LogP contribution < -0.4 is 0 Å². The van der Waals surface area contributed by atoms with Gasteiger partial charge in [-0.1, -0.05) is 31.4 Å². The van der Waals surface area contributed by atoms with Crippen molar-refractivity contribution in [3.8, 4) is 0 Å². The van der Waals surface area contributed by atoms with E-state index in [4.69, 9.17) is 0 Å². The molecule has 174 valence electrons. The molecule has 0 radical (unpaired) electrons. The van der Waals surface area contributed by atoms with Crippen molar-refractivity contribution < 1.29 is 21.2 Å². The van der Waals surface area contributed by atoms with Crippen LogP contribution in [0, 0.1) is 5.82 Å². The fourth-order valence-electron chi connectivity index (χ4n) is 4.27. The van der Waals surface area contributed by atoms with E-state index in [-0.39, 0.29) is 34.2 Å². The highest BCUT2D eigenvalue weighted by Gasteiger charge is 2.38. The fourth-order valence-corrected chi connectivity index (χ4v) is 7.36. The van der Waals surface area contributed by atoms with Gasteiger partial charge in [0.1, 0.15) is 5.82 Å². The molecule has 0 aromatic heterocycles. The van der Waals surface area contributed by atoms with E-state index in [1.165, 1.54) is 45.0 Å². The SMILES string of the molecule is CN(C1CCCCC1)S(=O)(=O)c1ccc(S(=O)(=O)N(Cc2ccc(F)cc2)C2CC2)cc1. The molecule has 4 rings (SSSR count). The molecule has 2 fully saturated rings. The Hall–Kier alpha value is -1.81. The molecule has 0 bridgehead atoms. The van der Waals surface area contributed by atoms with Gasteiger partial charge >= 0.3 is 0 Å². The zero-order chi connectivity index (χ0) is 22.9. The molecular weight excluding hydrogens is 451 g/mol. The summed E-state index contributed by atoms with van der Waals surface area (Å²) in [5.74, 6) is -0.371. The number of sulfonamides is 2. The topological polar surface area (TPSA) is 74.8 Å². The number of rotatable bonds is 8. The average molecular weight is 481 g/mol. The van der Waals surface area contributed by atoms with Gasteiger partial charge in [-0.15, -0.1) is 0 Å². The molecule has 0 saturated heterocycles. The molecular formula is C23H29FN2O4S2. The lowest BCUT2D eigenvalue weighted by Gasteiger charge is -2.30. The van der Waals surface area contributed by atoms with Crippen LogP contribution in [0.5, 0.6) is 0 Å². The minimum atomic E-state index is -3.82. The Balaban J connectivity index is 1.55. The Bertz CT molecular complexity index is 1140. The monoisotopic (exact) mass is 480 g/mol. The van der Waals surface area contributed by atoms with Crippen molar-refractivity contribution in [2.24, 2.45) is 0 Å². The summed E-state index contributed by atoms with van der Waals surface area (Å²) in [4.78, 5) is 0.159. The second-order valence-electron chi connectivity index (χ2n) is 8.69. The van der Waals surface area contributed by atoms with Gasteiger partial charge in [-0.2, -0.15) is 8.61 Å². The highest BCUT2D eigenvalue weighted by molar-refractivity contribution is 7.89. The first-order valence-corrected chi connectivity index (χ1v) is 13.9. The number of halogens is 1. The van der Waals surface area contributed by atoms with Crippen LogP contribution in [0.25, 0.3) is 0 Å². The lowest BCUT2D eigenvalue weighted by molar-refractivity contribution is 0.286. The van der Waals surface area contributed by atoms with Crippen LogP contribution in [0.2, 0.25) is 0 Å². The van der Waals surface area contributed by atoms with Crippen molar-refractivity contribution in [1.82, 2.24) is 8.61 Å². The second kappa shape index (κ2) is 9.21. The standard InChI is InChI=1S/C23H29FN2O4S2/c1-25(20-5-3-2-4-6-20)31(27,28)22-13-15-23(16-14-22)32(29,30)26(21-11-12-21)17-18-7-9-19(24)10-8-18/h7-10,13-16,20-21H,2-6,11-12,17H2,1H3. The molecule has 0 amide bonds. The summed E-state index contributed by atoms with van der Waals surface area (Å²) in [6.45, 7) is 0.151. The van der Waals surface area contributed by atoms with Gasteiger partial charge in [-0.25, -0.2) is 21.2 Å². The van der Waals surface area contributed by atoms with Crippen LogP contribution >= 0.6 is 0 Å². The first kappa shape index (κ1) is 23.4. The maximum absolute atomic E-state index is 13.3. The van der Waals surface area contributed by atoms with Gasteiger partial charge in [0.05, 0.1) is 9.79 Å². The molecule has 2 saturated carbocycles. The zero-order valence-corrected chi connectivity index (χ0v) is 19.8. The van der Waals surface area contributed by atoms with Gasteiger partial charge in [-0.05, 0) is 67.6 Å². The Morgan fingerprint density at radius 2 is 1.28 bits per heavy atom. The molecule has 2 aromatic rings. The summed E-state index contributed by atoms with van der Waals surface area (Å²) in [5.41, 5.74) is 0.704. The highest BCUT2D eigenvalue weighted by Crippen LogP contribution is 2.34. The van der Waals surface area contributed by atoms with Crippen molar-refractivity contribution in [1.29, 1.82) is 0 Å². The van der Waals surface area contributed by atoms with Gasteiger partial charge in [-0.3, -0.25) is 0 Å². The van der Waals surface area contributed by atoms with Crippen LogP contribution in [0.15, 0.2) is 58.3 Å². The van der Waals surface area contributed by atoms with E-state index >= 15 is 0 Å². The molecule has 0 aliphatic heterocycles. The summed E-state index contributed by atoms with van der Waals surface area (Å²) < 4.78 is 68.8. The number of hydrogen-bond donors (Lipinski definition) is 0. The van der Waals surface area contributed by atoms with E-state index in [0.29, 0.717) is 5.56 Å². The minimum absolute atomic E-state index is 0.0155. The molecule has 32 heavy (non-hydrogen) atoms. The van der Waals surface area contributed by atoms with Crippen molar-refractivity contribution in [2.45, 2.75) is 73.4 Å². The molecule has 0 atom stereocenters. The van der Waals surface area contributed by atoms with Gasteiger partial charge in [0.25, 0.3) is 0 Å². The van der Waals surface area contributed by atoms with Crippen LogP contribution in [0.1, 0.15) is 50.5 Å². The quantitative estimate of drug-likeness (QED) is 0.569. The van der Waals surface area contributed by atoms with Crippen LogP contribution in [-0.2, 0) is 26.6 Å². The summed E-state index contributed by atoms with van der Waals surface area (Å²) in [7, 11) is -5.90. The molecule has 2 aliphatic rings. The molecule has 0 heterocycles. The zero-order valence-electron chi connectivity index (χ0n) is 18.2. The first-order valence-electron chi connectivity index (χ1n) is 11.0. The highest BCUT2D eigenvalue weighted by atomic mass is 32.2. The Morgan fingerprint density at radius 3 is 1.81 bits per heavy atom. The smallest absolute Gasteiger partial charge is 0.207 e. The van der Waals surface area contributed by atoms with Crippen molar-refractivity contribution >= 4 is 20.0 Å². The van der Waals surface area contributed by atoms with E-state index in [1.54, 1.807) is 19.2 Å². The van der Waals surface area contributed by atoms with Crippen LogP contribution in [0.3, 0.4) is 0 Å². The van der Waals surface area contributed by atoms with E-state index in [2.05, 4.69) is 0 Å². The molecule has 0 unspecified atom stereocenters. The lowest BCUT2D eigenvalue weighted by atomic mass is 9.96. The molecule has 0 spiro atoms. The number of benzene rings is 2. The summed E-state index contributed by atoms with van der Waals surface area (Å²) in [6, 6.07) is 11.2. The maximum atomic E-state index is 13.3. The molecule has 9 heteroatoms. The van der Waals surface area contributed by atoms with Gasteiger partial charge in [0, 0.05) is 25.7 Å². The third kappa shape index (κ3) is 4.90. The molecule has 0 N–H and O–H groups in total. The summed E-state index contributed by atoms with van der Waals surface area (Å²) in [6.07, 6.45) is 6.42. The number of nitrogens with zero attached hydrogens (tertiary/aromatic N) is 2. The normalized spacial score (nSPS) is 18.4.